The number of benzene rings is 1. The van der Waals surface area contributed by atoms with E-state index in [9.17, 15) is 0 Å². The molecule has 100 valence electrons. The third kappa shape index (κ3) is 1.49. The third-order valence-electron chi connectivity index (χ3n) is 4.66. The van der Waals surface area contributed by atoms with Crippen LogP contribution in [0.15, 0.2) is 17.1 Å². The number of amidine groups is 1. The molecule has 0 aromatic heterocycles. The van der Waals surface area contributed by atoms with Crippen LogP contribution in [0.25, 0.3) is 0 Å². The quantitative estimate of drug-likeness (QED) is 0.818. The minimum Gasteiger partial charge on any atom is -0.497 e. The second kappa shape index (κ2) is 3.89. The molecule has 1 saturated heterocycles. The topological polar surface area (TPSA) is 34.1 Å². The second-order valence-corrected chi connectivity index (χ2v) is 5.60. The summed E-state index contributed by atoms with van der Waals surface area (Å²) >= 11 is 0. The van der Waals surface area contributed by atoms with Crippen LogP contribution < -0.4 is 9.47 Å². The Morgan fingerprint density at radius 3 is 2.89 bits per heavy atom. The van der Waals surface area contributed by atoms with E-state index < -0.39 is 0 Å². The van der Waals surface area contributed by atoms with Crippen molar-refractivity contribution < 1.29 is 9.47 Å². The molecule has 19 heavy (non-hydrogen) atoms. The molecular weight excluding hydrogens is 240 g/mol. The molecule has 0 radical (unpaired) electrons. The summed E-state index contributed by atoms with van der Waals surface area (Å²) in [6.07, 6.45) is 3.90. The van der Waals surface area contributed by atoms with Crippen molar-refractivity contribution in [2.45, 2.75) is 31.8 Å². The molecule has 0 spiro atoms. The average molecular weight is 258 g/mol. The van der Waals surface area contributed by atoms with Gasteiger partial charge in [0.15, 0.2) is 0 Å². The number of methoxy groups -OCH3 is 2. The fourth-order valence-corrected chi connectivity index (χ4v) is 3.72. The summed E-state index contributed by atoms with van der Waals surface area (Å²) in [6, 6.07) is 4.71. The molecule has 1 saturated carbocycles. The minimum atomic E-state index is 0.671. The first-order valence-electron chi connectivity index (χ1n) is 6.90. The number of nitrogens with zero attached hydrogens (tertiary/aromatic N) is 2. The highest BCUT2D eigenvalue weighted by Gasteiger charge is 2.44. The van der Waals surface area contributed by atoms with E-state index in [-0.39, 0.29) is 0 Å². The smallest absolute Gasteiger partial charge is 0.148 e. The first-order chi connectivity index (χ1) is 9.30. The van der Waals surface area contributed by atoms with Gasteiger partial charge in [-0.1, -0.05) is 0 Å². The highest BCUT2D eigenvalue weighted by Crippen LogP contribution is 2.47. The number of fused-ring (bicyclic) bond motifs is 6. The first kappa shape index (κ1) is 11.1. The Labute approximate surface area is 113 Å². The van der Waals surface area contributed by atoms with Gasteiger partial charge in [-0.05, 0) is 25.3 Å². The number of rotatable bonds is 2. The van der Waals surface area contributed by atoms with Crippen molar-refractivity contribution in [1.29, 1.82) is 0 Å². The van der Waals surface area contributed by atoms with Crippen LogP contribution in [0.2, 0.25) is 0 Å². The zero-order valence-corrected chi connectivity index (χ0v) is 11.3. The summed E-state index contributed by atoms with van der Waals surface area (Å²) in [4.78, 5) is 7.38. The van der Waals surface area contributed by atoms with Crippen LogP contribution in [0.4, 0.5) is 5.69 Å². The summed E-state index contributed by atoms with van der Waals surface area (Å²) in [5.74, 6) is 3.63. The Kier molecular flexibility index (Phi) is 2.28. The molecule has 1 aliphatic carbocycles. The van der Waals surface area contributed by atoms with Gasteiger partial charge in [0.2, 0.25) is 0 Å². The van der Waals surface area contributed by atoms with Gasteiger partial charge in [-0.2, -0.15) is 0 Å². The second-order valence-electron chi connectivity index (χ2n) is 5.60. The molecule has 2 fully saturated rings. The SMILES string of the molecule is COc1cc2c(c(OC)c1)N=C1C3CCC(C3)N1C2. The van der Waals surface area contributed by atoms with E-state index in [0.29, 0.717) is 12.0 Å². The van der Waals surface area contributed by atoms with Crippen LogP contribution in [-0.4, -0.2) is 31.0 Å². The summed E-state index contributed by atoms with van der Waals surface area (Å²) in [5, 5.41) is 0. The van der Waals surface area contributed by atoms with Gasteiger partial charge in [0, 0.05) is 30.1 Å². The molecule has 4 rings (SSSR count). The lowest BCUT2D eigenvalue weighted by Gasteiger charge is -2.34. The van der Waals surface area contributed by atoms with Crippen molar-refractivity contribution in [3.05, 3.63) is 17.7 Å². The molecule has 1 aromatic rings. The number of ether oxygens (including phenoxy) is 2. The van der Waals surface area contributed by atoms with E-state index in [0.717, 1.165) is 23.7 Å². The van der Waals surface area contributed by atoms with Gasteiger partial charge < -0.3 is 14.4 Å². The summed E-state index contributed by atoms with van der Waals surface area (Å²) in [6.45, 7) is 0.947. The Balaban J connectivity index is 1.84. The molecule has 4 nitrogen and oxygen atoms in total. The van der Waals surface area contributed by atoms with Gasteiger partial charge in [-0.25, -0.2) is 4.99 Å². The Bertz CT molecular complexity index is 568. The molecule has 2 bridgehead atoms. The molecule has 3 aliphatic rings. The number of aliphatic imine (C=N–C) groups is 1. The largest absolute Gasteiger partial charge is 0.497 e. The first-order valence-corrected chi connectivity index (χ1v) is 6.90. The fourth-order valence-electron chi connectivity index (χ4n) is 3.72. The molecule has 2 heterocycles. The van der Waals surface area contributed by atoms with Crippen molar-refractivity contribution in [3.63, 3.8) is 0 Å². The maximum atomic E-state index is 5.48. The number of hydrogen-bond donors (Lipinski definition) is 0. The Hall–Kier alpha value is -1.71. The minimum absolute atomic E-state index is 0.671. The van der Waals surface area contributed by atoms with Crippen LogP contribution in [-0.2, 0) is 6.54 Å². The van der Waals surface area contributed by atoms with Crippen molar-refractivity contribution in [1.82, 2.24) is 4.90 Å². The highest BCUT2D eigenvalue weighted by molar-refractivity contribution is 5.93. The lowest BCUT2D eigenvalue weighted by Crippen LogP contribution is -2.38. The van der Waals surface area contributed by atoms with Gasteiger partial charge in [0.25, 0.3) is 0 Å². The van der Waals surface area contributed by atoms with Gasteiger partial charge >= 0.3 is 0 Å². The van der Waals surface area contributed by atoms with E-state index >= 15 is 0 Å². The average Bonchev–Trinajstić information content (AvgIpc) is 3.05. The Morgan fingerprint density at radius 2 is 2.11 bits per heavy atom. The Morgan fingerprint density at radius 1 is 1.21 bits per heavy atom. The standard InChI is InChI=1S/C15H18N2O2/c1-18-12-6-10-8-17-11-4-3-9(5-11)15(17)16-14(10)13(7-12)19-2/h6-7,9,11H,3-5,8H2,1-2H3. The molecule has 0 N–H and O–H groups in total. The lowest BCUT2D eigenvalue weighted by atomic mass is 10.0. The molecule has 4 heteroatoms. The van der Waals surface area contributed by atoms with E-state index in [2.05, 4.69) is 11.0 Å². The summed E-state index contributed by atoms with van der Waals surface area (Å²) in [5.41, 5.74) is 2.22. The van der Waals surface area contributed by atoms with Crippen LogP contribution in [0.3, 0.4) is 0 Å². The molecule has 1 aromatic carbocycles. The molecular formula is C15H18N2O2. The van der Waals surface area contributed by atoms with Crippen LogP contribution in [0, 0.1) is 5.92 Å². The summed E-state index contributed by atoms with van der Waals surface area (Å²) < 4.78 is 10.8. The lowest BCUT2D eigenvalue weighted by molar-refractivity contribution is 0.314. The van der Waals surface area contributed by atoms with Gasteiger partial charge in [0.05, 0.1) is 14.2 Å². The molecule has 2 atom stereocenters. The van der Waals surface area contributed by atoms with Gasteiger partial charge in [-0.15, -0.1) is 0 Å². The predicted octanol–water partition coefficient (Wildman–Crippen LogP) is 2.73. The normalized spacial score (nSPS) is 26.8. The predicted molar refractivity (Wildman–Crippen MR) is 73.3 cm³/mol. The maximum Gasteiger partial charge on any atom is 0.148 e. The van der Waals surface area contributed by atoms with Crippen molar-refractivity contribution >= 4 is 11.5 Å². The van der Waals surface area contributed by atoms with Crippen molar-refractivity contribution in [3.8, 4) is 11.5 Å². The third-order valence-corrected chi connectivity index (χ3v) is 4.66. The highest BCUT2D eigenvalue weighted by atomic mass is 16.5. The molecule has 0 amide bonds. The van der Waals surface area contributed by atoms with Crippen LogP contribution in [0.5, 0.6) is 11.5 Å². The monoisotopic (exact) mass is 258 g/mol. The maximum absolute atomic E-state index is 5.48. The zero-order valence-electron chi connectivity index (χ0n) is 11.3. The van der Waals surface area contributed by atoms with E-state index in [1.54, 1.807) is 14.2 Å². The van der Waals surface area contributed by atoms with Crippen LogP contribution >= 0.6 is 0 Å². The fraction of sp³-hybridized carbons (Fsp3) is 0.533. The van der Waals surface area contributed by atoms with Crippen LogP contribution in [0.1, 0.15) is 24.8 Å². The van der Waals surface area contributed by atoms with Gasteiger partial charge in [0.1, 0.15) is 23.0 Å². The molecule has 2 aliphatic heterocycles. The number of piperidine rings is 1. The molecule has 2 unspecified atom stereocenters. The van der Waals surface area contributed by atoms with Crippen molar-refractivity contribution in [2.75, 3.05) is 14.2 Å². The van der Waals surface area contributed by atoms with E-state index in [1.807, 2.05) is 6.07 Å². The van der Waals surface area contributed by atoms with Gasteiger partial charge in [-0.3, -0.25) is 0 Å². The zero-order chi connectivity index (χ0) is 13.0. The van der Waals surface area contributed by atoms with Crippen molar-refractivity contribution in [2.24, 2.45) is 10.9 Å². The number of hydrogen-bond acceptors (Lipinski definition) is 4. The van der Waals surface area contributed by atoms with E-state index in [1.165, 1.54) is 30.7 Å². The summed E-state index contributed by atoms with van der Waals surface area (Å²) in [7, 11) is 3.39. The van der Waals surface area contributed by atoms with E-state index in [4.69, 9.17) is 14.5 Å².